The highest BCUT2D eigenvalue weighted by molar-refractivity contribution is 5.91. The van der Waals surface area contributed by atoms with Crippen LogP contribution < -0.4 is 16.0 Å². The molecule has 10 nitrogen and oxygen atoms in total. The number of aromatic nitrogens is 4. The van der Waals surface area contributed by atoms with Crippen LogP contribution >= 0.6 is 0 Å². The first-order chi connectivity index (χ1) is 16.2. The number of rotatable bonds is 8. The van der Waals surface area contributed by atoms with Gasteiger partial charge in [0.05, 0.1) is 24.0 Å². The molecule has 1 amide bonds. The van der Waals surface area contributed by atoms with E-state index in [-0.39, 0.29) is 0 Å². The van der Waals surface area contributed by atoms with Crippen molar-refractivity contribution in [2.24, 2.45) is 0 Å². The van der Waals surface area contributed by atoms with Crippen LogP contribution in [-0.4, -0.2) is 55.9 Å². The third-order valence-electron chi connectivity index (χ3n) is 6.42. The SMILES string of the molecule is N#CCCN1C2CCC1CC(Nc1nc(Nc3cnc(NC=O)cn3)cc3ncccc13)C2. The number of pyridine rings is 2. The lowest BCUT2D eigenvalue weighted by molar-refractivity contribution is -0.105. The Balaban J connectivity index is 1.36. The predicted octanol–water partition coefficient (Wildman–Crippen LogP) is 3.05. The highest BCUT2D eigenvalue weighted by atomic mass is 16.1. The fourth-order valence-corrected chi connectivity index (χ4v) is 5.04. The van der Waals surface area contributed by atoms with Gasteiger partial charge in [0.2, 0.25) is 6.41 Å². The van der Waals surface area contributed by atoms with Crippen molar-refractivity contribution in [1.29, 1.82) is 5.26 Å². The Bertz CT molecular complexity index is 1160. The van der Waals surface area contributed by atoms with Crippen LogP contribution in [0.2, 0.25) is 0 Å². The molecular weight excluding hydrogens is 418 g/mol. The van der Waals surface area contributed by atoms with Gasteiger partial charge in [0.25, 0.3) is 0 Å². The van der Waals surface area contributed by atoms with Crippen molar-refractivity contribution in [2.75, 3.05) is 22.5 Å². The second-order valence-corrected chi connectivity index (χ2v) is 8.44. The highest BCUT2D eigenvalue weighted by Crippen LogP contribution is 2.37. The van der Waals surface area contributed by atoms with Crippen molar-refractivity contribution in [3.05, 3.63) is 36.8 Å². The van der Waals surface area contributed by atoms with Crippen LogP contribution in [0.1, 0.15) is 32.1 Å². The highest BCUT2D eigenvalue weighted by Gasteiger charge is 2.40. The van der Waals surface area contributed by atoms with Gasteiger partial charge in [-0.1, -0.05) is 0 Å². The predicted molar refractivity (Wildman–Crippen MR) is 125 cm³/mol. The monoisotopic (exact) mass is 443 g/mol. The minimum absolute atomic E-state index is 0.320. The van der Waals surface area contributed by atoms with Gasteiger partial charge in [-0.25, -0.2) is 15.0 Å². The maximum absolute atomic E-state index is 10.6. The number of nitrogens with one attached hydrogen (secondary N) is 3. The van der Waals surface area contributed by atoms with E-state index in [1.165, 1.54) is 25.2 Å². The molecule has 5 rings (SSSR count). The normalized spacial score (nSPS) is 22.0. The van der Waals surface area contributed by atoms with E-state index in [9.17, 15) is 4.79 Å². The van der Waals surface area contributed by atoms with Gasteiger partial charge in [0.15, 0.2) is 5.82 Å². The molecule has 2 bridgehead atoms. The molecule has 0 aliphatic carbocycles. The Labute approximate surface area is 191 Å². The van der Waals surface area contributed by atoms with Gasteiger partial charge >= 0.3 is 0 Å². The Morgan fingerprint density at radius 3 is 2.64 bits per heavy atom. The fourth-order valence-electron chi connectivity index (χ4n) is 5.04. The van der Waals surface area contributed by atoms with Crippen molar-refractivity contribution >= 4 is 40.6 Å². The molecule has 168 valence electrons. The zero-order valence-corrected chi connectivity index (χ0v) is 18.1. The number of amides is 1. The number of hydrogen-bond acceptors (Lipinski definition) is 9. The number of carbonyl (C=O) groups is 1. The van der Waals surface area contributed by atoms with Crippen molar-refractivity contribution in [3.63, 3.8) is 0 Å². The van der Waals surface area contributed by atoms with Gasteiger partial charge in [-0.3, -0.25) is 14.7 Å². The van der Waals surface area contributed by atoms with Crippen molar-refractivity contribution < 1.29 is 4.79 Å². The average Bonchev–Trinajstić information content (AvgIpc) is 3.07. The molecule has 3 aromatic rings. The summed E-state index contributed by atoms with van der Waals surface area (Å²) in [7, 11) is 0. The van der Waals surface area contributed by atoms with E-state index in [0.717, 1.165) is 36.1 Å². The number of carbonyl (C=O) groups excluding carboxylic acids is 1. The lowest BCUT2D eigenvalue weighted by Crippen LogP contribution is -2.47. The Morgan fingerprint density at radius 1 is 1.12 bits per heavy atom. The van der Waals surface area contributed by atoms with Crippen molar-refractivity contribution in [1.82, 2.24) is 24.8 Å². The molecule has 0 aromatic carbocycles. The second-order valence-electron chi connectivity index (χ2n) is 8.44. The van der Waals surface area contributed by atoms with Crippen LogP contribution in [0.4, 0.5) is 23.3 Å². The van der Waals surface area contributed by atoms with E-state index in [4.69, 9.17) is 10.2 Å². The topological polar surface area (TPSA) is 132 Å². The molecule has 3 aromatic heterocycles. The molecular formula is C23H25N9O. The molecule has 2 aliphatic heterocycles. The summed E-state index contributed by atoms with van der Waals surface area (Å²) >= 11 is 0. The third kappa shape index (κ3) is 4.54. The number of nitriles is 1. The van der Waals surface area contributed by atoms with Gasteiger partial charge < -0.3 is 16.0 Å². The van der Waals surface area contributed by atoms with E-state index >= 15 is 0 Å². The summed E-state index contributed by atoms with van der Waals surface area (Å²) in [5, 5.41) is 19.3. The summed E-state index contributed by atoms with van der Waals surface area (Å²) in [6.07, 6.45) is 10.4. The molecule has 2 atom stereocenters. The van der Waals surface area contributed by atoms with Crippen LogP contribution in [0.25, 0.3) is 10.9 Å². The van der Waals surface area contributed by atoms with Crippen molar-refractivity contribution in [2.45, 2.75) is 50.2 Å². The molecule has 2 saturated heterocycles. The first kappa shape index (κ1) is 21.0. The Kier molecular flexibility index (Phi) is 5.95. The molecule has 2 unspecified atom stereocenters. The Morgan fingerprint density at radius 2 is 1.91 bits per heavy atom. The van der Waals surface area contributed by atoms with Crippen LogP contribution in [0, 0.1) is 11.3 Å². The lowest BCUT2D eigenvalue weighted by atomic mass is 9.97. The standard InChI is InChI=1S/C23H25N9O/c24-6-2-8-32-16-4-5-17(32)10-15(9-16)29-23-18-3-1-7-25-19(18)11-20(31-23)30-22-13-26-21(12-27-22)28-14-33/h1,3,7,11-17H,2,4-5,8-10H2,(H,26,28,33)(H2,27,29,30,31). The molecule has 10 heteroatoms. The summed E-state index contributed by atoms with van der Waals surface area (Å²) in [5.41, 5.74) is 0.833. The van der Waals surface area contributed by atoms with Crippen LogP contribution in [0.5, 0.6) is 0 Å². The van der Waals surface area contributed by atoms with Gasteiger partial charge in [0, 0.05) is 48.7 Å². The van der Waals surface area contributed by atoms with Crippen LogP contribution in [0.15, 0.2) is 36.8 Å². The maximum atomic E-state index is 10.6. The van der Waals surface area contributed by atoms with Gasteiger partial charge in [-0.2, -0.15) is 5.26 Å². The summed E-state index contributed by atoms with van der Waals surface area (Å²) in [6, 6.07) is 9.47. The van der Waals surface area contributed by atoms with Gasteiger partial charge in [0.1, 0.15) is 17.5 Å². The number of fused-ring (bicyclic) bond motifs is 3. The molecule has 33 heavy (non-hydrogen) atoms. The van der Waals surface area contributed by atoms with E-state index in [1.807, 2.05) is 18.2 Å². The Hall–Kier alpha value is -3.84. The zero-order chi connectivity index (χ0) is 22.6. The molecule has 0 spiro atoms. The quantitative estimate of drug-likeness (QED) is 0.449. The van der Waals surface area contributed by atoms with Gasteiger partial charge in [-0.05, 0) is 37.8 Å². The fraction of sp³-hybridized carbons (Fsp3) is 0.391. The number of anilines is 4. The molecule has 3 N–H and O–H groups in total. The molecule has 5 heterocycles. The number of hydrogen-bond donors (Lipinski definition) is 3. The first-order valence-corrected chi connectivity index (χ1v) is 11.2. The van der Waals surface area contributed by atoms with Crippen LogP contribution in [0.3, 0.4) is 0 Å². The largest absolute Gasteiger partial charge is 0.367 e. The maximum Gasteiger partial charge on any atom is 0.212 e. The van der Waals surface area contributed by atoms with Crippen molar-refractivity contribution in [3.8, 4) is 6.07 Å². The van der Waals surface area contributed by atoms with E-state index in [1.54, 1.807) is 6.20 Å². The van der Waals surface area contributed by atoms with Gasteiger partial charge in [-0.15, -0.1) is 0 Å². The number of nitrogens with zero attached hydrogens (tertiary/aromatic N) is 6. The van der Waals surface area contributed by atoms with E-state index in [2.05, 4.69) is 41.9 Å². The molecule has 2 fully saturated rings. The van der Waals surface area contributed by atoms with Crippen LogP contribution in [-0.2, 0) is 4.79 Å². The second kappa shape index (κ2) is 9.34. The van der Waals surface area contributed by atoms with E-state index < -0.39 is 0 Å². The molecule has 2 aliphatic rings. The summed E-state index contributed by atoms with van der Waals surface area (Å²) < 4.78 is 0. The summed E-state index contributed by atoms with van der Waals surface area (Å²) in [6.45, 7) is 0.866. The third-order valence-corrected chi connectivity index (χ3v) is 6.42. The minimum atomic E-state index is 0.320. The minimum Gasteiger partial charge on any atom is -0.367 e. The lowest BCUT2D eigenvalue weighted by Gasteiger charge is -2.39. The molecule has 0 saturated carbocycles. The zero-order valence-electron chi connectivity index (χ0n) is 18.1. The van der Waals surface area contributed by atoms with E-state index in [0.29, 0.717) is 48.4 Å². The molecule has 0 radical (unpaired) electrons. The first-order valence-electron chi connectivity index (χ1n) is 11.2. The average molecular weight is 444 g/mol. The smallest absolute Gasteiger partial charge is 0.212 e. The number of piperidine rings is 1. The summed E-state index contributed by atoms with van der Waals surface area (Å²) in [5.74, 6) is 2.31. The summed E-state index contributed by atoms with van der Waals surface area (Å²) in [4.78, 5) is 30.8.